The van der Waals surface area contributed by atoms with Crippen molar-refractivity contribution in [3.63, 3.8) is 0 Å². The van der Waals surface area contributed by atoms with E-state index in [1.54, 1.807) is 13.2 Å². The normalized spacial score (nSPS) is 11.6. The first-order valence-corrected chi connectivity index (χ1v) is 10.4. The molecule has 1 heterocycles. The number of ether oxygens (including phenoxy) is 1. The molecule has 0 bridgehead atoms. The number of nitrogens with zero attached hydrogens (tertiary/aromatic N) is 2. The summed E-state index contributed by atoms with van der Waals surface area (Å²) in [7, 11) is 1.63. The predicted molar refractivity (Wildman–Crippen MR) is 111 cm³/mol. The third-order valence-electron chi connectivity index (χ3n) is 5.01. The van der Waals surface area contributed by atoms with Crippen LogP contribution in [0.15, 0.2) is 42.6 Å². The van der Waals surface area contributed by atoms with Crippen LogP contribution >= 0.6 is 0 Å². The highest BCUT2D eigenvalue weighted by atomic mass is 19.4. The zero-order valence-corrected chi connectivity index (χ0v) is 17.8. The zero-order chi connectivity index (χ0) is 22.0. The summed E-state index contributed by atoms with van der Waals surface area (Å²) < 4.78 is 46.0. The third kappa shape index (κ3) is 7.52. The Bertz CT molecular complexity index is 787. The number of benzene rings is 1. The van der Waals surface area contributed by atoms with Crippen LogP contribution < -0.4 is 0 Å². The SMILES string of the molecule is CCCCCC(=O)N(CCCOC)Cc1cccn1Cc1cccc(C(F)(F)F)c1. The zero-order valence-electron chi connectivity index (χ0n) is 17.8. The molecule has 0 radical (unpaired) electrons. The van der Waals surface area contributed by atoms with E-state index in [1.165, 1.54) is 12.1 Å². The monoisotopic (exact) mass is 424 g/mol. The van der Waals surface area contributed by atoms with Crippen molar-refractivity contribution in [2.24, 2.45) is 0 Å². The molecule has 1 aromatic heterocycles. The van der Waals surface area contributed by atoms with Gasteiger partial charge in [0.15, 0.2) is 0 Å². The Morgan fingerprint density at radius 1 is 1.13 bits per heavy atom. The fraction of sp³-hybridized carbons (Fsp3) is 0.522. The number of hydrogen-bond donors (Lipinski definition) is 0. The smallest absolute Gasteiger partial charge is 0.385 e. The summed E-state index contributed by atoms with van der Waals surface area (Å²) in [4.78, 5) is 14.5. The van der Waals surface area contributed by atoms with Gasteiger partial charge in [-0.1, -0.05) is 31.9 Å². The Kier molecular flexibility index (Phi) is 9.43. The van der Waals surface area contributed by atoms with Gasteiger partial charge in [0.2, 0.25) is 5.91 Å². The van der Waals surface area contributed by atoms with Gasteiger partial charge in [-0.3, -0.25) is 4.79 Å². The first-order chi connectivity index (χ1) is 14.3. The summed E-state index contributed by atoms with van der Waals surface area (Å²) in [5.74, 6) is 0.103. The lowest BCUT2D eigenvalue weighted by molar-refractivity contribution is -0.137. The van der Waals surface area contributed by atoms with Crippen molar-refractivity contribution >= 4 is 5.91 Å². The topological polar surface area (TPSA) is 34.5 Å². The van der Waals surface area contributed by atoms with Crippen LogP contribution in [0.4, 0.5) is 13.2 Å². The lowest BCUT2D eigenvalue weighted by Crippen LogP contribution is -2.32. The van der Waals surface area contributed by atoms with E-state index in [0.717, 1.165) is 37.4 Å². The molecular weight excluding hydrogens is 393 g/mol. The van der Waals surface area contributed by atoms with E-state index in [0.29, 0.717) is 38.2 Å². The average molecular weight is 425 g/mol. The lowest BCUT2D eigenvalue weighted by atomic mass is 10.1. The van der Waals surface area contributed by atoms with E-state index in [-0.39, 0.29) is 5.91 Å². The van der Waals surface area contributed by atoms with Crippen LogP contribution in [0, 0.1) is 0 Å². The number of amides is 1. The van der Waals surface area contributed by atoms with Crippen LogP contribution in [-0.4, -0.2) is 35.6 Å². The van der Waals surface area contributed by atoms with E-state index in [9.17, 15) is 18.0 Å². The number of methoxy groups -OCH3 is 1. The number of hydrogen-bond acceptors (Lipinski definition) is 2. The quantitative estimate of drug-likeness (QED) is 0.422. The fourth-order valence-electron chi connectivity index (χ4n) is 3.36. The van der Waals surface area contributed by atoms with Gasteiger partial charge in [-0.05, 0) is 42.7 Å². The van der Waals surface area contributed by atoms with Crippen molar-refractivity contribution in [2.45, 2.75) is 58.3 Å². The maximum atomic E-state index is 13.0. The van der Waals surface area contributed by atoms with Crippen molar-refractivity contribution in [2.75, 3.05) is 20.3 Å². The summed E-state index contributed by atoms with van der Waals surface area (Å²) >= 11 is 0. The van der Waals surface area contributed by atoms with Gasteiger partial charge in [-0.2, -0.15) is 13.2 Å². The number of aromatic nitrogens is 1. The first kappa shape index (κ1) is 24.0. The molecule has 0 fully saturated rings. The molecule has 0 spiro atoms. The van der Waals surface area contributed by atoms with Gasteiger partial charge in [-0.25, -0.2) is 0 Å². The number of rotatable bonds is 12. The van der Waals surface area contributed by atoms with Crippen LogP contribution in [0.25, 0.3) is 0 Å². The number of unbranched alkanes of at least 4 members (excludes halogenated alkanes) is 2. The predicted octanol–water partition coefficient (Wildman–Crippen LogP) is 5.50. The minimum absolute atomic E-state index is 0.103. The van der Waals surface area contributed by atoms with Crippen LogP contribution in [0.2, 0.25) is 0 Å². The Labute approximate surface area is 176 Å². The number of carbonyl (C=O) groups excluding carboxylic acids is 1. The summed E-state index contributed by atoms with van der Waals surface area (Å²) in [5, 5.41) is 0. The second kappa shape index (κ2) is 11.8. The largest absolute Gasteiger partial charge is 0.416 e. The molecule has 2 aromatic rings. The molecule has 0 aliphatic heterocycles. The van der Waals surface area contributed by atoms with Crippen LogP contribution in [-0.2, 0) is 28.8 Å². The van der Waals surface area contributed by atoms with E-state index in [1.807, 2.05) is 27.8 Å². The number of halogens is 3. The average Bonchev–Trinajstić information content (AvgIpc) is 3.13. The minimum Gasteiger partial charge on any atom is -0.385 e. The highest BCUT2D eigenvalue weighted by Gasteiger charge is 2.30. The Morgan fingerprint density at radius 3 is 2.63 bits per heavy atom. The van der Waals surface area contributed by atoms with Gasteiger partial charge in [0.05, 0.1) is 12.1 Å². The number of carbonyl (C=O) groups is 1. The first-order valence-electron chi connectivity index (χ1n) is 10.4. The van der Waals surface area contributed by atoms with Gasteiger partial charge in [0.25, 0.3) is 0 Å². The van der Waals surface area contributed by atoms with Crippen LogP contribution in [0.3, 0.4) is 0 Å². The molecule has 0 saturated carbocycles. The molecule has 1 aromatic carbocycles. The molecule has 0 atom stereocenters. The van der Waals surface area contributed by atoms with Crippen molar-refractivity contribution in [3.05, 3.63) is 59.4 Å². The van der Waals surface area contributed by atoms with E-state index >= 15 is 0 Å². The highest BCUT2D eigenvalue weighted by molar-refractivity contribution is 5.76. The van der Waals surface area contributed by atoms with Gasteiger partial charge >= 0.3 is 6.18 Å². The summed E-state index contributed by atoms with van der Waals surface area (Å²) in [6, 6.07) is 9.14. The number of alkyl halides is 3. The van der Waals surface area contributed by atoms with Gasteiger partial charge in [-0.15, -0.1) is 0 Å². The highest BCUT2D eigenvalue weighted by Crippen LogP contribution is 2.29. The molecule has 2 rings (SSSR count). The Hall–Kier alpha value is -2.28. The summed E-state index contributed by atoms with van der Waals surface area (Å²) in [5.41, 5.74) is 0.817. The van der Waals surface area contributed by atoms with Crippen LogP contribution in [0.1, 0.15) is 55.8 Å². The molecule has 0 aliphatic carbocycles. The molecule has 0 aliphatic rings. The van der Waals surface area contributed by atoms with Crippen molar-refractivity contribution in [3.8, 4) is 0 Å². The Morgan fingerprint density at radius 2 is 1.93 bits per heavy atom. The van der Waals surface area contributed by atoms with E-state index in [4.69, 9.17) is 4.74 Å². The molecule has 7 heteroatoms. The van der Waals surface area contributed by atoms with Crippen molar-refractivity contribution < 1.29 is 22.7 Å². The molecule has 4 nitrogen and oxygen atoms in total. The Balaban J connectivity index is 2.11. The van der Waals surface area contributed by atoms with E-state index < -0.39 is 11.7 Å². The molecule has 0 unspecified atom stereocenters. The summed E-state index contributed by atoms with van der Waals surface area (Å²) in [6.07, 6.45) is 1.66. The van der Waals surface area contributed by atoms with E-state index in [2.05, 4.69) is 6.92 Å². The summed E-state index contributed by atoms with van der Waals surface area (Å²) in [6.45, 7) is 4.02. The van der Waals surface area contributed by atoms with Crippen molar-refractivity contribution in [1.82, 2.24) is 9.47 Å². The minimum atomic E-state index is -4.36. The maximum absolute atomic E-state index is 13.0. The van der Waals surface area contributed by atoms with Gasteiger partial charge < -0.3 is 14.2 Å². The van der Waals surface area contributed by atoms with Crippen molar-refractivity contribution in [1.29, 1.82) is 0 Å². The van der Waals surface area contributed by atoms with Crippen LogP contribution in [0.5, 0.6) is 0 Å². The molecule has 0 saturated heterocycles. The standard InChI is InChI=1S/C23H31F3N2O2/c1-3-4-5-12-22(29)28(14-8-15-30-2)18-21-11-7-13-27(21)17-19-9-6-10-20(16-19)23(24,25)26/h6-7,9-11,13,16H,3-5,8,12,14-15,17-18H2,1-2H3. The molecule has 166 valence electrons. The molecule has 1 amide bonds. The van der Waals surface area contributed by atoms with Gasteiger partial charge in [0, 0.05) is 45.1 Å². The second-order valence-corrected chi connectivity index (χ2v) is 7.44. The fourth-order valence-corrected chi connectivity index (χ4v) is 3.36. The lowest BCUT2D eigenvalue weighted by Gasteiger charge is -2.24. The maximum Gasteiger partial charge on any atom is 0.416 e. The molecule has 0 N–H and O–H groups in total. The molecular formula is C23H31F3N2O2. The molecule has 30 heavy (non-hydrogen) atoms. The second-order valence-electron chi connectivity index (χ2n) is 7.44. The van der Waals surface area contributed by atoms with Gasteiger partial charge in [0.1, 0.15) is 0 Å². The third-order valence-corrected chi connectivity index (χ3v) is 5.01.